The van der Waals surface area contributed by atoms with E-state index in [-0.39, 0.29) is 11.9 Å². The summed E-state index contributed by atoms with van der Waals surface area (Å²) in [4.78, 5) is 12.3. The third kappa shape index (κ3) is 2.46. The van der Waals surface area contributed by atoms with E-state index >= 15 is 0 Å². The summed E-state index contributed by atoms with van der Waals surface area (Å²) < 4.78 is 5.29. The zero-order valence-electron chi connectivity index (χ0n) is 10.9. The minimum absolute atomic E-state index is 0.00694. The van der Waals surface area contributed by atoms with Gasteiger partial charge < -0.3 is 10.1 Å². The summed E-state index contributed by atoms with van der Waals surface area (Å²) in [6.45, 7) is 3.40. The van der Waals surface area contributed by atoms with Crippen LogP contribution in [0.15, 0.2) is 18.3 Å². The van der Waals surface area contributed by atoms with Crippen LogP contribution in [-0.4, -0.2) is 35.4 Å². The molecule has 0 atom stereocenters. The molecule has 2 aromatic rings. The summed E-state index contributed by atoms with van der Waals surface area (Å²) in [5, 5.41) is 10.9. The number of carbonyl (C=O) groups excluding carboxylic acids is 1. The maximum Gasteiger partial charge on any atom is 0.251 e. The number of H-pyrrole nitrogens is 1. The molecule has 0 spiro atoms. The smallest absolute Gasteiger partial charge is 0.251 e. The van der Waals surface area contributed by atoms with E-state index in [1.807, 2.05) is 19.1 Å². The summed E-state index contributed by atoms with van der Waals surface area (Å²) in [7, 11) is 0. The Bertz CT molecular complexity index is 600. The van der Waals surface area contributed by atoms with E-state index in [1.165, 1.54) is 0 Å². The number of carbonyl (C=O) groups is 1. The average Bonchev–Trinajstić information content (AvgIpc) is 2.86. The van der Waals surface area contributed by atoms with Crippen molar-refractivity contribution in [1.82, 2.24) is 15.5 Å². The van der Waals surface area contributed by atoms with Gasteiger partial charge in [-0.25, -0.2) is 0 Å². The first-order valence-electron chi connectivity index (χ1n) is 6.56. The molecule has 5 heteroatoms. The van der Waals surface area contributed by atoms with Crippen molar-refractivity contribution in [1.29, 1.82) is 0 Å². The van der Waals surface area contributed by atoms with Gasteiger partial charge in [0.05, 0.1) is 11.7 Å². The van der Waals surface area contributed by atoms with Crippen LogP contribution in [0.2, 0.25) is 0 Å². The molecule has 1 saturated heterocycles. The fourth-order valence-corrected chi connectivity index (χ4v) is 2.45. The molecule has 0 unspecified atom stereocenters. The van der Waals surface area contributed by atoms with Crippen molar-refractivity contribution in [2.24, 2.45) is 0 Å². The number of hydrogen-bond acceptors (Lipinski definition) is 3. The number of aromatic nitrogens is 2. The van der Waals surface area contributed by atoms with Crippen molar-refractivity contribution in [2.45, 2.75) is 25.8 Å². The van der Waals surface area contributed by atoms with E-state index in [1.54, 1.807) is 6.20 Å². The number of fused-ring (bicyclic) bond motifs is 1. The van der Waals surface area contributed by atoms with E-state index in [4.69, 9.17) is 4.74 Å². The highest BCUT2D eigenvalue weighted by molar-refractivity contribution is 5.99. The first kappa shape index (κ1) is 12.2. The molecule has 1 fully saturated rings. The van der Waals surface area contributed by atoms with Gasteiger partial charge in [0, 0.05) is 30.2 Å². The SMILES string of the molecule is Cc1cc2[nH]ncc2cc1C(=O)NC1CCOCC1. The number of nitrogens with zero attached hydrogens (tertiary/aromatic N) is 1. The number of aromatic amines is 1. The van der Waals surface area contributed by atoms with Crippen LogP contribution in [0.1, 0.15) is 28.8 Å². The van der Waals surface area contributed by atoms with Gasteiger partial charge in [0.2, 0.25) is 0 Å². The fraction of sp³-hybridized carbons (Fsp3) is 0.429. The molecule has 3 rings (SSSR count). The van der Waals surface area contributed by atoms with Gasteiger partial charge in [-0.3, -0.25) is 9.89 Å². The Morgan fingerprint density at radius 1 is 1.42 bits per heavy atom. The lowest BCUT2D eigenvalue weighted by Crippen LogP contribution is -2.39. The Morgan fingerprint density at radius 3 is 3.00 bits per heavy atom. The molecule has 0 bridgehead atoms. The maximum atomic E-state index is 12.3. The Morgan fingerprint density at radius 2 is 2.21 bits per heavy atom. The summed E-state index contributed by atoms with van der Waals surface area (Å²) in [6.07, 6.45) is 3.51. The second-order valence-electron chi connectivity index (χ2n) is 4.98. The number of hydrogen-bond donors (Lipinski definition) is 2. The van der Waals surface area contributed by atoms with Crippen LogP contribution in [0.4, 0.5) is 0 Å². The van der Waals surface area contributed by atoms with E-state index < -0.39 is 0 Å². The Hall–Kier alpha value is -1.88. The zero-order valence-corrected chi connectivity index (χ0v) is 10.9. The molecule has 1 aromatic carbocycles. The molecular weight excluding hydrogens is 242 g/mol. The highest BCUT2D eigenvalue weighted by Crippen LogP contribution is 2.18. The normalized spacial score (nSPS) is 16.7. The Labute approximate surface area is 111 Å². The van der Waals surface area contributed by atoms with Crippen molar-refractivity contribution in [3.63, 3.8) is 0 Å². The second-order valence-corrected chi connectivity index (χ2v) is 4.98. The largest absolute Gasteiger partial charge is 0.381 e. The minimum atomic E-state index is -0.00694. The highest BCUT2D eigenvalue weighted by Gasteiger charge is 2.18. The van der Waals surface area contributed by atoms with Crippen molar-refractivity contribution in [3.8, 4) is 0 Å². The number of benzene rings is 1. The van der Waals surface area contributed by atoms with Crippen molar-refractivity contribution in [2.75, 3.05) is 13.2 Å². The molecule has 0 aliphatic carbocycles. The molecular formula is C14H17N3O2. The van der Waals surface area contributed by atoms with Crippen LogP contribution in [0.25, 0.3) is 10.9 Å². The van der Waals surface area contributed by atoms with Gasteiger partial charge in [-0.1, -0.05) is 0 Å². The molecule has 1 amide bonds. The predicted octanol–water partition coefficient (Wildman–Crippen LogP) is 1.78. The lowest BCUT2D eigenvalue weighted by Gasteiger charge is -2.23. The molecule has 1 aliphatic rings. The molecule has 2 N–H and O–H groups in total. The number of rotatable bonds is 2. The molecule has 5 nitrogen and oxygen atoms in total. The van der Waals surface area contributed by atoms with E-state index in [0.717, 1.165) is 48.1 Å². The van der Waals surface area contributed by atoms with Gasteiger partial charge in [0.15, 0.2) is 0 Å². The summed E-state index contributed by atoms with van der Waals surface area (Å²) in [5.74, 6) is -0.00694. The Kier molecular flexibility index (Phi) is 3.21. The maximum absolute atomic E-state index is 12.3. The van der Waals surface area contributed by atoms with E-state index in [9.17, 15) is 4.79 Å². The number of aryl methyl sites for hydroxylation is 1. The summed E-state index contributed by atoms with van der Waals surface area (Å²) >= 11 is 0. The van der Waals surface area contributed by atoms with Crippen LogP contribution in [0.5, 0.6) is 0 Å². The highest BCUT2D eigenvalue weighted by atomic mass is 16.5. The molecule has 1 aliphatic heterocycles. The van der Waals surface area contributed by atoms with Crippen LogP contribution < -0.4 is 5.32 Å². The Balaban J connectivity index is 1.81. The zero-order chi connectivity index (χ0) is 13.2. The molecule has 0 saturated carbocycles. The van der Waals surface area contributed by atoms with Crippen molar-refractivity contribution < 1.29 is 9.53 Å². The van der Waals surface area contributed by atoms with Crippen molar-refractivity contribution >= 4 is 16.8 Å². The molecule has 100 valence electrons. The van der Waals surface area contributed by atoms with Gasteiger partial charge in [0.1, 0.15) is 0 Å². The van der Waals surface area contributed by atoms with Gasteiger partial charge >= 0.3 is 0 Å². The van der Waals surface area contributed by atoms with Gasteiger partial charge in [-0.2, -0.15) is 5.10 Å². The quantitative estimate of drug-likeness (QED) is 0.864. The molecule has 19 heavy (non-hydrogen) atoms. The minimum Gasteiger partial charge on any atom is -0.381 e. The summed E-state index contributed by atoms with van der Waals surface area (Å²) in [5.41, 5.74) is 2.64. The lowest BCUT2D eigenvalue weighted by atomic mass is 10.0. The lowest BCUT2D eigenvalue weighted by molar-refractivity contribution is 0.0696. The fourth-order valence-electron chi connectivity index (χ4n) is 2.45. The van der Waals surface area contributed by atoms with E-state index in [2.05, 4.69) is 15.5 Å². The predicted molar refractivity (Wildman–Crippen MR) is 72.1 cm³/mol. The van der Waals surface area contributed by atoms with Gasteiger partial charge in [-0.15, -0.1) is 0 Å². The van der Waals surface area contributed by atoms with E-state index in [0.29, 0.717) is 0 Å². The molecule has 0 radical (unpaired) electrons. The standard InChI is InChI=1S/C14H17N3O2/c1-9-6-13-10(8-15-17-13)7-12(9)14(18)16-11-2-4-19-5-3-11/h6-8,11H,2-5H2,1H3,(H,15,17)(H,16,18). The molecule has 1 aromatic heterocycles. The first-order chi connectivity index (χ1) is 9.24. The first-order valence-corrected chi connectivity index (χ1v) is 6.56. The van der Waals surface area contributed by atoms with Gasteiger partial charge in [-0.05, 0) is 37.5 Å². The topological polar surface area (TPSA) is 67.0 Å². The van der Waals surface area contributed by atoms with Crippen LogP contribution in [0, 0.1) is 6.92 Å². The average molecular weight is 259 g/mol. The van der Waals surface area contributed by atoms with Gasteiger partial charge in [0.25, 0.3) is 5.91 Å². The van der Waals surface area contributed by atoms with Crippen molar-refractivity contribution in [3.05, 3.63) is 29.5 Å². The number of ether oxygens (including phenoxy) is 1. The second kappa shape index (κ2) is 5.01. The summed E-state index contributed by atoms with van der Waals surface area (Å²) in [6, 6.07) is 4.07. The van der Waals surface area contributed by atoms with Crippen LogP contribution >= 0.6 is 0 Å². The van der Waals surface area contributed by atoms with Crippen LogP contribution in [0.3, 0.4) is 0 Å². The number of amides is 1. The third-order valence-electron chi connectivity index (χ3n) is 3.59. The van der Waals surface area contributed by atoms with Crippen LogP contribution in [-0.2, 0) is 4.74 Å². The monoisotopic (exact) mass is 259 g/mol. The third-order valence-corrected chi connectivity index (χ3v) is 3.59. The number of nitrogens with one attached hydrogen (secondary N) is 2. The molecule has 2 heterocycles.